The maximum absolute atomic E-state index is 10.8. The predicted octanol–water partition coefficient (Wildman–Crippen LogP) is 0.666. The van der Waals surface area contributed by atoms with Gasteiger partial charge in [0.05, 0.1) is 23.9 Å². The van der Waals surface area contributed by atoms with Gasteiger partial charge in [0.1, 0.15) is 0 Å². The summed E-state index contributed by atoms with van der Waals surface area (Å²) in [7, 11) is 0. The van der Waals surface area contributed by atoms with Crippen LogP contribution in [0.25, 0.3) is 0 Å². The molecule has 0 aliphatic heterocycles. The fourth-order valence-electron chi connectivity index (χ4n) is 3.06. The van der Waals surface area contributed by atoms with E-state index in [0.717, 1.165) is 0 Å². The molecule has 1 fully saturated rings. The Balaban J connectivity index is 2.93. The fraction of sp³-hybridized carbons (Fsp3) is 1.00. The average Bonchev–Trinajstić information content (AvgIpc) is 2.22. The molecule has 102 valence electrons. The molecule has 1 aliphatic carbocycles. The first-order valence-corrected chi connectivity index (χ1v) is 6.39. The van der Waals surface area contributed by atoms with Gasteiger partial charge in [-0.3, -0.25) is 0 Å². The molecule has 0 bridgehead atoms. The van der Waals surface area contributed by atoms with Crippen molar-refractivity contribution in [2.75, 3.05) is 0 Å². The average molecular weight is 246 g/mol. The smallest absolute Gasteiger partial charge is 0.0877 e. The molecule has 4 N–H and O–H groups in total. The van der Waals surface area contributed by atoms with Crippen LogP contribution in [0.5, 0.6) is 0 Å². The lowest BCUT2D eigenvalue weighted by Gasteiger charge is -2.55. The Labute approximate surface area is 103 Å². The lowest BCUT2D eigenvalue weighted by molar-refractivity contribution is -0.222. The third-order valence-electron chi connectivity index (χ3n) is 4.57. The molecule has 1 rings (SSSR count). The van der Waals surface area contributed by atoms with Gasteiger partial charge in [0.2, 0.25) is 0 Å². The van der Waals surface area contributed by atoms with Gasteiger partial charge in [0.25, 0.3) is 0 Å². The summed E-state index contributed by atoms with van der Waals surface area (Å²) in [6.07, 6.45) is -0.869. The van der Waals surface area contributed by atoms with Crippen molar-refractivity contribution in [2.24, 2.45) is 11.3 Å². The van der Waals surface area contributed by atoms with Crippen molar-refractivity contribution in [3.63, 3.8) is 0 Å². The molecule has 1 saturated carbocycles. The van der Waals surface area contributed by atoms with Gasteiger partial charge in [-0.15, -0.1) is 0 Å². The van der Waals surface area contributed by atoms with Crippen molar-refractivity contribution in [3.05, 3.63) is 0 Å². The summed E-state index contributed by atoms with van der Waals surface area (Å²) in [4.78, 5) is 0. The SMILES string of the molecule is C[C@@H]1C[C@H](O)[C@@H](O)C(C)(C)[C@@]1(O)CC[C@@H](C)O. The quantitative estimate of drug-likeness (QED) is 0.590. The predicted molar refractivity (Wildman–Crippen MR) is 65.4 cm³/mol. The number of hydrogen-bond acceptors (Lipinski definition) is 4. The van der Waals surface area contributed by atoms with Crippen LogP contribution >= 0.6 is 0 Å². The van der Waals surface area contributed by atoms with E-state index in [4.69, 9.17) is 0 Å². The van der Waals surface area contributed by atoms with Crippen molar-refractivity contribution in [1.29, 1.82) is 0 Å². The zero-order chi connectivity index (χ0) is 13.4. The highest BCUT2D eigenvalue weighted by molar-refractivity contribution is 5.07. The third kappa shape index (κ3) is 2.50. The van der Waals surface area contributed by atoms with Crippen molar-refractivity contribution in [2.45, 2.75) is 70.9 Å². The van der Waals surface area contributed by atoms with E-state index in [-0.39, 0.29) is 5.92 Å². The molecule has 0 unspecified atom stereocenters. The van der Waals surface area contributed by atoms with E-state index in [9.17, 15) is 20.4 Å². The Morgan fingerprint density at radius 3 is 2.29 bits per heavy atom. The van der Waals surface area contributed by atoms with Crippen LogP contribution in [0.15, 0.2) is 0 Å². The first kappa shape index (κ1) is 14.9. The molecule has 0 aromatic carbocycles. The van der Waals surface area contributed by atoms with E-state index in [1.807, 2.05) is 6.92 Å². The lowest BCUT2D eigenvalue weighted by Crippen LogP contribution is -2.63. The first-order chi connectivity index (χ1) is 7.63. The second-order valence-corrected chi connectivity index (χ2v) is 6.18. The van der Waals surface area contributed by atoms with Crippen LogP contribution in [0.4, 0.5) is 0 Å². The highest BCUT2D eigenvalue weighted by Crippen LogP contribution is 2.49. The third-order valence-corrected chi connectivity index (χ3v) is 4.57. The number of aliphatic hydroxyl groups excluding tert-OH is 3. The van der Waals surface area contributed by atoms with Gasteiger partial charge in [0.15, 0.2) is 0 Å². The Morgan fingerprint density at radius 2 is 1.82 bits per heavy atom. The maximum atomic E-state index is 10.8. The molecule has 0 radical (unpaired) electrons. The monoisotopic (exact) mass is 246 g/mol. The summed E-state index contributed by atoms with van der Waals surface area (Å²) in [6, 6.07) is 0. The topological polar surface area (TPSA) is 80.9 Å². The normalized spacial score (nSPS) is 43.4. The zero-order valence-corrected chi connectivity index (χ0v) is 11.2. The first-order valence-electron chi connectivity index (χ1n) is 6.39. The minimum Gasteiger partial charge on any atom is -0.393 e. The molecular weight excluding hydrogens is 220 g/mol. The summed E-state index contributed by atoms with van der Waals surface area (Å²) in [5.74, 6) is -0.102. The van der Waals surface area contributed by atoms with Crippen molar-refractivity contribution in [1.82, 2.24) is 0 Å². The molecule has 0 aromatic rings. The molecular formula is C13H26O4. The van der Waals surface area contributed by atoms with Gasteiger partial charge in [-0.05, 0) is 32.1 Å². The molecule has 4 heteroatoms. The molecule has 4 nitrogen and oxygen atoms in total. The van der Waals surface area contributed by atoms with Crippen LogP contribution in [-0.4, -0.2) is 44.3 Å². The second kappa shape index (κ2) is 4.84. The Kier molecular flexibility index (Phi) is 4.24. The van der Waals surface area contributed by atoms with Crippen molar-refractivity contribution >= 4 is 0 Å². The Hall–Kier alpha value is -0.160. The lowest BCUT2D eigenvalue weighted by atomic mass is 9.57. The summed E-state index contributed by atoms with van der Waals surface area (Å²) >= 11 is 0. The minimum atomic E-state index is -1.05. The second-order valence-electron chi connectivity index (χ2n) is 6.18. The van der Waals surface area contributed by atoms with Crippen LogP contribution in [0.1, 0.15) is 47.0 Å². The van der Waals surface area contributed by atoms with E-state index in [1.54, 1.807) is 20.8 Å². The number of rotatable bonds is 3. The van der Waals surface area contributed by atoms with Gasteiger partial charge in [0, 0.05) is 5.41 Å². The molecule has 0 heterocycles. The van der Waals surface area contributed by atoms with Gasteiger partial charge in [-0.25, -0.2) is 0 Å². The Morgan fingerprint density at radius 1 is 1.29 bits per heavy atom. The van der Waals surface area contributed by atoms with Gasteiger partial charge >= 0.3 is 0 Å². The van der Waals surface area contributed by atoms with Crippen LogP contribution in [0.3, 0.4) is 0 Å². The molecule has 0 spiro atoms. The van der Waals surface area contributed by atoms with Crippen LogP contribution in [0, 0.1) is 11.3 Å². The summed E-state index contributed by atoms with van der Waals surface area (Å²) in [6.45, 7) is 7.13. The number of aliphatic hydroxyl groups is 4. The molecule has 17 heavy (non-hydrogen) atoms. The summed E-state index contributed by atoms with van der Waals surface area (Å²) in [5.41, 5.74) is -1.83. The maximum Gasteiger partial charge on any atom is 0.0877 e. The van der Waals surface area contributed by atoms with Crippen LogP contribution in [0.2, 0.25) is 0 Å². The molecule has 5 atom stereocenters. The number of hydrogen-bond donors (Lipinski definition) is 4. The largest absolute Gasteiger partial charge is 0.393 e. The standard InChI is InChI=1S/C13H26O4/c1-8-7-10(15)11(16)12(3,4)13(8,17)6-5-9(2)14/h8-11,14-17H,5-7H2,1-4H3/t8-,9-,10+,11-,13-/m1/s1. The molecule has 0 amide bonds. The van der Waals surface area contributed by atoms with E-state index < -0.39 is 29.3 Å². The molecule has 1 aliphatic rings. The van der Waals surface area contributed by atoms with Crippen LogP contribution < -0.4 is 0 Å². The van der Waals surface area contributed by atoms with E-state index in [2.05, 4.69) is 0 Å². The van der Waals surface area contributed by atoms with E-state index >= 15 is 0 Å². The van der Waals surface area contributed by atoms with Crippen molar-refractivity contribution < 1.29 is 20.4 Å². The van der Waals surface area contributed by atoms with Gasteiger partial charge < -0.3 is 20.4 Å². The van der Waals surface area contributed by atoms with E-state index in [0.29, 0.717) is 19.3 Å². The summed E-state index contributed by atoms with van der Waals surface area (Å²) < 4.78 is 0. The fourth-order valence-corrected chi connectivity index (χ4v) is 3.06. The Bertz CT molecular complexity index is 264. The highest BCUT2D eigenvalue weighted by Gasteiger charge is 2.56. The van der Waals surface area contributed by atoms with E-state index in [1.165, 1.54) is 0 Å². The van der Waals surface area contributed by atoms with Crippen LogP contribution in [-0.2, 0) is 0 Å². The van der Waals surface area contributed by atoms with Crippen molar-refractivity contribution in [3.8, 4) is 0 Å². The molecule has 0 saturated heterocycles. The zero-order valence-electron chi connectivity index (χ0n) is 11.2. The van der Waals surface area contributed by atoms with Gasteiger partial charge in [-0.2, -0.15) is 0 Å². The van der Waals surface area contributed by atoms with Gasteiger partial charge in [-0.1, -0.05) is 20.8 Å². The minimum absolute atomic E-state index is 0.102. The highest BCUT2D eigenvalue weighted by atomic mass is 16.3. The summed E-state index contributed by atoms with van der Waals surface area (Å²) in [5, 5.41) is 40.0. The molecule has 0 aromatic heterocycles.